The highest BCUT2D eigenvalue weighted by atomic mass is 16.3. The highest BCUT2D eigenvalue weighted by Gasteiger charge is 2.18. The molecule has 1 aliphatic carbocycles. The minimum Gasteiger partial charge on any atom is -0.461 e. The van der Waals surface area contributed by atoms with Crippen LogP contribution in [0.15, 0.2) is 53.0 Å². The van der Waals surface area contributed by atoms with Gasteiger partial charge in [-0.25, -0.2) is 0 Å². The Labute approximate surface area is 131 Å². The van der Waals surface area contributed by atoms with E-state index in [2.05, 4.69) is 48.6 Å². The van der Waals surface area contributed by atoms with Gasteiger partial charge in [-0.05, 0) is 60.9 Å². The van der Waals surface area contributed by atoms with E-state index in [1.54, 1.807) is 0 Å². The second-order valence-electron chi connectivity index (χ2n) is 6.14. The molecule has 0 saturated carbocycles. The number of hydrogen-bond donors (Lipinski definition) is 0. The third-order valence-corrected chi connectivity index (χ3v) is 4.53. The highest BCUT2D eigenvalue weighted by Crippen LogP contribution is 2.34. The third kappa shape index (κ3) is 2.37. The van der Waals surface area contributed by atoms with E-state index in [9.17, 15) is 0 Å². The van der Waals surface area contributed by atoms with Crippen molar-refractivity contribution >= 4 is 17.0 Å². The van der Waals surface area contributed by atoms with Crippen molar-refractivity contribution in [3.05, 3.63) is 76.6 Å². The van der Waals surface area contributed by atoms with Crippen LogP contribution in [0.2, 0.25) is 0 Å². The monoisotopic (exact) mass is 288 g/mol. The van der Waals surface area contributed by atoms with Crippen molar-refractivity contribution in [2.24, 2.45) is 0 Å². The first kappa shape index (κ1) is 13.4. The standard InChI is InChI=1S/C21H20O/c1-15-13-20-19-12-6-10-17(19)14-18(21(20)22-15)11-5-9-16-7-3-2-4-8-16/h2-5,7-9,13-14H,6,10-12H2,1H3/b9-5+. The van der Waals surface area contributed by atoms with Gasteiger partial charge in [0.1, 0.15) is 11.3 Å². The van der Waals surface area contributed by atoms with Gasteiger partial charge in [-0.1, -0.05) is 48.6 Å². The van der Waals surface area contributed by atoms with Crippen LogP contribution in [-0.2, 0) is 19.3 Å². The van der Waals surface area contributed by atoms with Crippen molar-refractivity contribution in [3.8, 4) is 0 Å². The molecule has 0 bridgehead atoms. The molecule has 110 valence electrons. The molecule has 0 unspecified atom stereocenters. The molecule has 1 heteroatoms. The number of aryl methyl sites for hydroxylation is 3. The van der Waals surface area contributed by atoms with E-state index in [0.29, 0.717) is 0 Å². The van der Waals surface area contributed by atoms with E-state index >= 15 is 0 Å². The lowest BCUT2D eigenvalue weighted by molar-refractivity contribution is 0.575. The number of fused-ring (bicyclic) bond motifs is 3. The van der Waals surface area contributed by atoms with E-state index in [1.165, 1.54) is 46.9 Å². The van der Waals surface area contributed by atoms with Crippen molar-refractivity contribution in [1.29, 1.82) is 0 Å². The molecule has 4 rings (SSSR count). The molecule has 0 amide bonds. The van der Waals surface area contributed by atoms with Crippen molar-refractivity contribution in [2.45, 2.75) is 32.6 Å². The Bertz CT molecular complexity index is 837. The summed E-state index contributed by atoms with van der Waals surface area (Å²) in [5.41, 5.74) is 6.70. The topological polar surface area (TPSA) is 13.1 Å². The van der Waals surface area contributed by atoms with Gasteiger partial charge in [-0.2, -0.15) is 0 Å². The van der Waals surface area contributed by atoms with Crippen molar-refractivity contribution in [2.75, 3.05) is 0 Å². The van der Waals surface area contributed by atoms with Crippen LogP contribution in [0.25, 0.3) is 17.0 Å². The summed E-state index contributed by atoms with van der Waals surface area (Å²) in [5, 5.41) is 1.34. The number of rotatable bonds is 3. The molecule has 0 N–H and O–H groups in total. The summed E-state index contributed by atoms with van der Waals surface area (Å²) in [5.74, 6) is 1.02. The number of allylic oxidation sites excluding steroid dienone is 1. The predicted octanol–water partition coefficient (Wildman–Crippen LogP) is 5.49. The number of furan rings is 1. The van der Waals surface area contributed by atoms with E-state index < -0.39 is 0 Å². The maximum Gasteiger partial charge on any atom is 0.138 e. The molecule has 0 saturated heterocycles. The Hall–Kier alpha value is -2.28. The first-order chi connectivity index (χ1) is 10.8. The predicted molar refractivity (Wildman–Crippen MR) is 92.2 cm³/mol. The molecule has 1 heterocycles. The normalized spacial score (nSPS) is 14.0. The van der Waals surface area contributed by atoms with Gasteiger partial charge in [0.05, 0.1) is 0 Å². The minimum atomic E-state index is 0.922. The van der Waals surface area contributed by atoms with Gasteiger partial charge in [-0.15, -0.1) is 0 Å². The van der Waals surface area contributed by atoms with Gasteiger partial charge in [0, 0.05) is 5.39 Å². The molecular formula is C21H20O. The molecule has 0 radical (unpaired) electrons. The maximum absolute atomic E-state index is 5.99. The summed E-state index contributed by atoms with van der Waals surface area (Å²) in [6.07, 6.45) is 9.04. The Kier molecular flexibility index (Phi) is 3.34. The number of benzene rings is 2. The Balaban J connectivity index is 1.70. The molecule has 1 nitrogen and oxygen atoms in total. The summed E-state index contributed by atoms with van der Waals surface area (Å²) in [6, 6.07) is 15.0. The molecule has 0 aliphatic heterocycles. The van der Waals surface area contributed by atoms with E-state index in [1.807, 2.05) is 13.0 Å². The van der Waals surface area contributed by atoms with Gasteiger partial charge in [-0.3, -0.25) is 0 Å². The van der Waals surface area contributed by atoms with Crippen molar-refractivity contribution in [3.63, 3.8) is 0 Å². The summed E-state index contributed by atoms with van der Waals surface area (Å²) >= 11 is 0. The molecule has 0 fully saturated rings. The fraction of sp³-hybridized carbons (Fsp3) is 0.238. The lowest BCUT2D eigenvalue weighted by atomic mass is 9.99. The second kappa shape index (κ2) is 5.49. The van der Waals surface area contributed by atoms with Crippen molar-refractivity contribution < 1.29 is 4.42 Å². The molecule has 0 spiro atoms. The molecule has 3 aromatic rings. The summed E-state index contributed by atoms with van der Waals surface area (Å²) < 4.78 is 5.99. The van der Waals surface area contributed by atoms with Gasteiger partial charge in [0.25, 0.3) is 0 Å². The Morgan fingerprint density at radius 1 is 1.09 bits per heavy atom. The molecule has 1 aliphatic rings. The highest BCUT2D eigenvalue weighted by molar-refractivity contribution is 5.86. The molecule has 22 heavy (non-hydrogen) atoms. The summed E-state index contributed by atoms with van der Waals surface area (Å²) in [7, 11) is 0. The molecule has 1 aromatic heterocycles. The second-order valence-corrected chi connectivity index (χ2v) is 6.14. The molecule has 2 aromatic carbocycles. The largest absolute Gasteiger partial charge is 0.461 e. The van der Waals surface area contributed by atoms with Gasteiger partial charge >= 0.3 is 0 Å². The van der Waals surface area contributed by atoms with Crippen LogP contribution in [-0.4, -0.2) is 0 Å². The maximum atomic E-state index is 5.99. The van der Waals surface area contributed by atoms with Gasteiger partial charge < -0.3 is 4.42 Å². The summed E-state index contributed by atoms with van der Waals surface area (Å²) in [6.45, 7) is 2.05. The minimum absolute atomic E-state index is 0.922. The Morgan fingerprint density at radius 3 is 2.82 bits per heavy atom. The Morgan fingerprint density at radius 2 is 1.95 bits per heavy atom. The van der Waals surface area contributed by atoms with Crippen LogP contribution < -0.4 is 0 Å². The van der Waals surface area contributed by atoms with E-state index in [4.69, 9.17) is 4.42 Å². The van der Waals surface area contributed by atoms with Crippen LogP contribution in [0.3, 0.4) is 0 Å². The van der Waals surface area contributed by atoms with Crippen LogP contribution in [0.4, 0.5) is 0 Å². The fourth-order valence-electron chi connectivity index (χ4n) is 3.52. The van der Waals surface area contributed by atoms with E-state index in [-0.39, 0.29) is 0 Å². The summed E-state index contributed by atoms with van der Waals surface area (Å²) in [4.78, 5) is 0. The first-order valence-corrected chi connectivity index (χ1v) is 8.06. The zero-order valence-electron chi connectivity index (χ0n) is 12.9. The first-order valence-electron chi connectivity index (χ1n) is 8.06. The number of hydrogen-bond acceptors (Lipinski definition) is 1. The smallest absolute Gasteiger partial charge is 0.138 e. The van der Waals surface area contributed by atoms with Crippen LogP contribution >= 0.6 is 0 Å². The third-order valence-electron chi connectivity index (χ3n) is 4.53. The molecule has 0 atom stereocenters. The lowest BCUT2D eigenvalue weighted by Crippen LogP contribution is -1.89. The average molecular weight is 288 g/mol. The van der Waals surface area contributed by atoms with Crippen molar-refractivity contribution in [1.82, 2.24) is 0 Å². The van der Waals surface area contributed by atoms with E-state index in [0.717, 1.165) is 17.8 Å². The van der Waals surface area contributed by atoms with Crippen LogP contribution in [0, 0.1) is 6.92 Å². The molecular weight excluding hydrogens is 268 g/mol. The fourth-order valence-corrected chi connectivity index (χ4v) is 3.52. The van der Waals surface area contributed by atoms with Crippen LogP contribution in [0.1, 0.15) is 34.4 Å². The van der Waals surface area contributed by atoms with Crippen LogP contribution in [0.5, 0.6) is 0 Å². The lowest BCUT2D eigenvalue weighted by Gasteiger charge is -2.05. The zero-order chi connectivity index (χ0) is 14.9. The van der Waals surface area contributed by atoms with Gasteiger partial charge in [0.15, 0.2) is 0 Å². The SMILES string of the molecule is Cc1cc2c3c(cc(C/C=C/c4ccccc4)c2o1)CCC3. The average Bonchev–Trinajstić information content (AvgIpc) is 3.13. The van der Waals surface area contributed by atoms with Gasteiger partial charge in [0.2, 0.25) is 0 Å². The zero-order valence-corrected chi connectivity index (χ0v) is 12.9. The quantitative estimate of drug-likeness (QED) is 0.621.